The molecule has 0 aromatic rings. The summed E-state index contributed by atoms with van der Waals surface area (Å²) in [5.74, 6) is 0. The molecule has 1 atom stereocenters. The number of likely N-dealkylation sites (N-methyl/N-ethyl adjacent to an activating group) is 2. The van der Waals surface area contributed by atoms with E-state index in [9.17, 15) is 0 Å². The minimum absolute atomic E-state index is 0. The number of hydrogen-bond acceptors (Lipinski definition) is 2. The Morgan fingerprint density at radius 2 is 2.00 bits per heavy atom. The van der Waals surface area contributed by atoms with Crippen LogP contribution in [0.2, 0.25) is 0 Å². The molecule has 0 heterocycles. The van der Waals surface area contributed by atoms with E-state index in [0.29, 0.717) is 12.1 Å². The van der Waals surface area contributed by atoms with Crippen molar-refractivity contribution in [1.29, 1.82) is 0 Å². The van der Waals surface area contributed by atoms with Crippen molar-refractivity contribution < 1.29 is 1.43 Å². The second kappa shape index (κ2) is 6.44. The highest BCUT2D eigenvalue weighted by Gasteiger charge is 2.09. The van der Waals surface area contributed by atoms with Crippen LogP contribution in [0, 0.1) is 0 Å². The average Bonchev–Trinajstić information content (AvgIpc) is 2.03. The molecule has 0 spiro atoms. The standard InChI is InChI=1S/C10H24N2.H2/c1-6-7-10(11-4)8-12(5)9(2)3;/h9-11H,6-8H2,1-5H3;1H. The summed E-state index contributed by atoms with van der Waals surface area (Å²) in [4.78, 5) is 2.39. The zero-order valence-corrected chi connectivity index (χ0v) is 9.22. The Morgan fingerprint density at radius 3 is 2.33 bits per heavy atom. The van der Waals surface area contributed by atoms with Gasteiger partial charge in [-0.15, -0.1) is 0 Å². The van der Waals surface area contributed by atoms with Crippen molar-refractivity contribution in [2.75, 3.05) is 20.6 Å². The lowest BCUT2D eigenvalue weighted by Gasteiger charge is -2.26. The third-order valence-corrected chi connectivity index (χ3v) is 2.44. The Balaban J connectivity index is 0. The number of rotatable bonds is 6. The van der Waals surface area contributed by atoms with E-state index in [1.807, 2.05) is 0 Å². The highest BCUT2D eigenvalue weighted by molar-refractivity contribution is 4.69. The van der Waals surface area contributed by atoms with Crippen LogP contribution in [0.5, 0.6) is 0 Å². The molecular formula is C10H26N2. The van der Waals surface area contributed by atoms with Gasteiger partial charge in [-0.25, -0.2) is 0 Å². The van der Waals surface area contributed by atoms with Gasteiger partial charge in [-0.3, -0.25) is 0 Å². The van der Waals surface area contributed by atoms with Crippen molar-refractivity contribution >= 4 is 0 Å². The molecule has 76 valence electrons. The van der Waals surface area contributed by atoms with E-state index in [1.54, 1.807) is 0 Å². The fourth-order valence-corrected chi connectivity index (χ4v) is 1.23. The Kier molecular flexibility index (Phi) is 6.39. The lowest BCUT2D eigenvalue weighted by atomic mass is 10.1. The second-order valence-corrected chi connectivity index (χ2v) is 3.81. The Morgan fingerprint density at radius 1 is 1.42 bits per heavy atom. The van der Waals surface area contributed by atoms with Gasteiger partial charge in [0.25, 0.3) is 0 Å². The third-order valence-electron chi connectivity index (χ3n) is 2.44. The van der Waals surface area contributed by atoms with Gasteiger partial charge in [-0.1, -0.05) is 13.3 Å². The van der Waals surface area contributed by atoms with Crippen LogP contribution in [0.25, 0.3) is 0 Å². The van der Waals surface area contributed by atoms with E-state index < -0.39 is 0 Å². The Hall–Kier alpha value is -0.0800. The summed E-state index contributed by atoms with van der Waals surface area (Å²) in [7, 11) is 4.24. The van der Waals surface area contributed by atoms with Crippen LogP contribution in [-0.4, -0.2) is 37.6 Å². The van der Waals surface area contributed by atoms with Gasteiger partial charge in [-0.2, -0.15) is 0 Å². The molecule has 0 aromatic carbocycles. The first-order valence-corrected chi connectivity index (χ1v) is 4.99. The van der Waals surface area contributed by atoms with Gasteiger partial charge in [0.2, 0.25) is 0 Å². The summed E-state index contributed by atoms with van der Waals surface area (Å²) in [6.07, 6.45) is 2.53. The fourth-order valence-electron chi connectivity index (χ4n) is 1.23. The molecule has 0 aliphatic carbocycles. The molecule has 2 heteroatoms. The molecular weight excluding hydrogens is 148 g/mol. The molecule has 0 bridgehead atoms. The van der Waals surface area contributed by atoms with Crippen molar-refractivity contribution in [3.8, 4) is 0 Å². The SMILES string of the molecule is CCCC(CN(C)C(C)C)NC.[HH]. The molecule has 1 N–H and O–H groups in total. The van der Waals surface area contributed by atoms with E-state index in [-0.39, 0.29) is 1.43 Å². The van der Waals surface area contributed by atoms with Crippen LogP contribution >= 0.6 is 0 Å². The van der Waals surface area contributed by atoms with Gasteiger partial charge in [0.05, 0.1) is 0 Å². The maximum absolute atomic E-state index is 3.35. The molecule has 0 aliphatic rings. The topological polar surface area (TPSA) is 15.3 Å². The van der Waals surface area contributed by atoms with Crippen molar-refractivity contribution in [3.63, 3.8) is 0 Å². The fraction of sp³-hybridized carbons (Fsp3) is 1.00. The van der Waals surface area contributed by atoms with Crippen LogP contribution in [0.15, 0.2) is 0 Å². The molecule has 0 saturated carbocycles. The van der Waals surface area contributed by atoms with Crippen molar-refractivity contribution in [3.05, 3.63) is 0 Å². The lowest BCUT2D eigenvalue weighted by Crippen LogP contribution is -2.40. The van der Waals surface area contributed by atoms with E-state index in [4.69, 9.17) is 0 Å². The molecule has 0 saturated heterocycles. The van der Waals surface area contributed by atoms with E-state index in [0.717, 1.165) is 6.54 Å². The molecule has 0 fully saturated rings. The summed E-state index contributed by atoms with van der Waals surface area (Å²) in [5.41, 5.74) is 0. The molecule has 0 aliphatic heterocycles. The van der Waals surface area contributed by atoms with Gasteiger partial charge in [0, 0.05) is 20.1 Å². The third kappa shape index (κ3) is 4.73. The largest absolute Gasteiger partial charge is 0.316 e. The number of nitrogens with zero attached hydrogens (tertiary/aromatic N) is 1. The maximum atomic E-state index is 3.35. The van der Waals surface area contributed by atoms with E-state index in [2.05, 4.69) is 45.1 Å². The zero-order chi connectivity index (χ0) is 9.56. The van der Waals surface area contributed by atoms with Crippen molar-refractivity contribution in [1.82, 2.24) is 10.2 Å². The first-order chi connectivity index (χ1) is 5.61. The first-order valence-electron chi connectivity index (χ1n) is 4.99. The van der Waals surface area contributed by atoms with Gasteiger partial charge in [0.15, 0.2) is 0 Å². The molecule has 1 unspecified atom stereocenters. The molecule has 0 rings (SSSR count). The smallest absolute Gasteiger partial charge is 0.0191 e. The van der Waals surface area contributed by atoms with Gasteiger partial charge >= 0.3 is 0 Å². The number of hydrogen-bond donors (Lipinski definition) is 1. The minimum atomic E-state index is 0. The van der Waals surface area contributed by atoms with Crippen molar-refractivity contribution in [2.24, 2.45) is 0 Å². The molecule has 0 aromatic heterocycles. The molecule has 0 amide bonds. The van der Waals surface area contributed by atoms with Crippen LogP contribution in [0.1, 0.15) is 35.0 Å². The predicted octanol–water partition coefficient (Wildman–Crippen LogP) is 1.96. The normalized spacial score (nSPS) is 14.2. The molecule has 12 heavy (non-hydrogen) atoms. The monoisotopic (exact) mass is 174 g/mol. The highest BCUT2D eigenvalue weighted by Crippen LogP contribution is 2.01. The number of nitrogens with one attached hydrogen (secondary N) is 1. The zero-order valence-electron chi connectivity index (χ0n) is 9.22. The summed E-state index contributed by atoms with van der Waals surface area (Å²) < 4.78 is 0. The predicted molar refractivity (Wildman–Crippen MR) is 57.6 cm³/mol. The Labute approximate surface area is 78.8 Å². The lowest BCUT2D eigenvalue weighted by molar-refractivity contribution is 0.240. The molecule has 2 nitrogen and oxygen atoms in total. The Bertz CT molecular complexity index is 107. The average molecular weight is 174 g/mol. The first kappa shape index (κ1) is 11.9. The summed E-state index contributed by atoms with van der Waals surface area (Å²) in [5, 5.41) is 3.35. The summed E-state index contributed by atoms with van der Waals surface area (Å²) in [6, 6.07) is 1.31. The van der Waals surface area contributed by atoms with Crippen LogP contribution in [0.4, 0.5) is 0 Å². The second-order valence-electron chi connectivity index (χ2n) is 3.81. The van der Waals surface area contributed by atoms with Crippen LogP contribution < -0.4 is 5.32 Å². The summed E-state index contributed by atoms with van der Waals surface area (Å²) in [6.45, 7) is 7.86. The van der Waals surface area contributed by atoms with E-state index in [1.165, 1.54) is 12.8 Å². The quantitative estimate of drug-likeness (QED) is 0.662. The van der Waals surface area contributed by atoms with Gasteiger partial charge in [0.1, 0.15) is 0 Å². The molecule has 0 radical (unpaired) electrons. The summed E-state index contributed by atoms with van der Waals surface area (Å²) >= 11 is 0. The maximum Gasteiger partial charge on any atom is 0.0191 e. The van der Waals surface area contributed by atoms with Crippen molar-refractivity contribution in [2.45, 2.75) is 45.7 Å². The van der Waals surface area contributed by atoms with Gasteiger partial charge in [-0.05, 0) is 34.4 Å². The van der Waals surface area contributed by atoms with Crippen LogP contribution in [-0.2, 0) is 0 Å². The van der Waals surface area contributed by atoms with E-state index >= 15 is 0 Å². The minimum Gasteiger partial charge on any atom is -0.316 e. The van der Waals surface area contributed by atoms with Gasteiger partial charge < -0.3 is 10.2 Å². The highest BCUT2D eigenvalue weighted by atomic mass is 15.1. The van der Waals surface area contributed by atoms with Crippen LogP contribution in [0.3, 0.4) is 0 Å².